The largest absolute Gasteiger partial charge is 0.309 e. The number of hydrogen-bond acceptors (Lipinski definition) is 1. The Balaban J connectivity index is 0.958. The van der Waals surface area contributed by atoms with Crippen LogP contribution in [0.25, 0.3) is 110 Å². The number of rotatable bonds is 5. The molecule has 0 N–H and O–H groups in total. The van der Waals surface area contributed by atoms with Crippen molar-refractivity contribution in [3.8, 4) is 33.9 Å². The molecule has 0 aliphatic carbocycles. The van der Waals surface area contributed by atoms with Crippen molar-refractivity contribution in [2.45, 2.75) is 0 Å². The van der Waals surface area contributed by atoms with Crippen molar-refractivity contribution in [3.05, 3.63) is 212 Å². The predicted molar refractivity (Wildman–Crippen MR) is 250 cm³/mol. The van der Waals surface area contributed by atoms with Crippen LogP contribution in [0.5, 0.6) is 0 Å². The number of hydrogen-bond donors (Lipinski definition) is 0. The predicted octanol–water partition coefficient (Wildman–Crippen LogP) is 14.0. The summed E-state index contributed by atoms with van der Waals surface area (Å²) in [6.45, 7) is 0. The van der Waals surface area contributed by atoms with E-state index in [1.54, 1.807) is 0 Å². The molecule has 13 rings (SSSR count). The quantitative estimate of drug-likeness (QED) is 0.172. The minimum absolute atomic E-state index is 1.05. The minimum atomic E-state index is 1.05. The van der Waals surface area contributed by atoms with Crippen LogP contribution in [0.2, 0.25) is 0 Å². The van der Waals surface area contributed by atoms with Crippen molar-refractivity contribution < 1.29 is 0 Å². The van der Waals surface area contributed by atoms with Gasteiger partial charge in [-0.05, 0) is 114 Å². The first kappa shape index (κ1) is 32.9. The summed E-state index contributed by atoms with van der Waals surface area (Å²) in [6.07, 6.45) is 2.02. The Morgan fingerprint density at radius 1 is 0.267 bits per heavy atom. The van der Waals surface area contributed by atoms with Gasteiger partial charge in [0.25, 0.3) is 0 Å². The van der Waals surface area contributed by atoms with Crippen molar-refractivity contribution in [3.63, 3.8) is 0 Å². The molecule has 280 valence electrons. The SMILES string of the molecule is c1ccc(-n2ncc3c2ccc2c4cc(-c5ccc6c(c5)c5ccccc5n6-c5ccc(-n6c7ccccc7c7ccccc76)cc5)ccc4n(-c4ccccc4)c23)cc1. The van der Waals surface area contributed by atoms with E-state index < -0.39 is 0 Å². The third kappa shape index (κ3) is 4.71. The average molecular weight is 766 g/mol. The van der Waals surface area contributed by atoms with Gasteiger partial charge < -0.3 is 13.7 Å². The Labute approximate surface area is 344 Å². The monoisotopic (exact) mass is 765 g/mol. The van der Waals surface area contributed by atoms with E-state index in [4.69, 9.17) is 5.10 Å². The summed E-state index contributed by atoms with van der Waals surface area (Å²) < 4.78 is 9.22. The van der Waals surface area contributed by atoms with Crippen LogP contribution in [0.4, 0.5) is 0 Å². The van der Waals surface area contributed by atoms with E-state index in [0.717, 1.165) is 39.2 Å². The molecule has 0 radical (unpaired) electrons. The molecule has 0 spiro atoms. The average Bonchev–Trinajstić information content (AvgIpc) is 4.08. The maximum Gasteiger partial charge on any atom is 0.0762 e. The van der Waals surface area contributed by atoms with Crippen LogP contribution in [0.15, 0.2) is 212 Å². The van der Waals surface area contributed by atoms with E-state index in [1.807, 2.05) is 16.9 Å². The first-order valence-corrected chi connectivity index (χ1v) is 20.5. The second-order valence-corrected chi connectivity index (χ2v) is 15.7. The van der Waals surface area contributed by atoms with E-state index >= 15 is 0 Å². The van der Waals surface area contributed by atoms with Gasteiger partial charge in [-0.2, -0.15) is 5.10 Å². The summed E-state index contributed by atoms with van der Waals surface area (Å²) >= 11 is 0. The van der Waals surface area contributed by atoms with E-state index in [9.17, 15) is 0 Å². The Kier molecular flexibility index (Phi) is 6.95. The number of fused-ring (bicyclic) bond motifs is 11. The molecule has 4 aromatic heterocycles. The van der Waals surface area contributed by atoms with Crippen molar-refractivity contribution in [2.75, 3.05) is 0 Å². The fourth-order valence-corrected chi connectivity index (χ4v) is 9.79. The van der Waals surface area contributed by atoms with Crippen LogP contribution in [-0.2, 0) is 0 Å². The summed E-state index contributed by atoms with van der Waals surface area (Å²) in [7, 11) is 0. The molecule has 0 saturated heterocycles. The molecule has 5 nitrogen and oxygen atoms in total. The van der Waals surface area contributed by atoms with E-state index in [-0.39, 0.29) is 0 Å². The first-order chi connectivity index (χ1) is 29.8. The van der Waals surface area contributed by atoms with Crippen molar-refractivity contribution in [2.24, 2.45) is 0 Å². The summed E-state index contributed by atoms with van der Waals surface area (Å²) in [5.41, 5.74) is 15.0. The number of nitrogens with zero attached hydrogens (tertiary/aromatic N) is 5. The highest BCUT2D eigenvalue weighted by atomic mass is 15.3. The highest BCUT2D eigenvalue weighted by Crippen LogP contribution is 2.41. The molecule has 4 heterocycles. The number of para-hydroxylation sites is 5. The van der Waals surface area contributed by atoms with Gasteiger partial charge in [-0.3, -0.25) is 0 Å². The molecule has 0 unspecified atom stereocenters. The summed E-state index contributed by atoms with van der Waals surface area (Å²) in [5, 5.41) is 13.4. The van der Waals surface area contributed by atoms with Crippen LogP contribution in [0.1, 0.15) is 0 Å². The molecule has 0 saturated carbocycles. The zero-order valence-corrected chi connectivity index (χ0v) is 32.4. The van der Waals surface area contributed by atoms with Gasteiger partial charge in [-0.15, -0.1) is 0 Å². The van der Waals surface area contributed by atoms with Gasteiger partial charge in [0.2, 0.25) is 0 Å². The fourth-order valence-electron chi connectivity index (χ4n) is 9.79. The standard InChI is InChI=1S/C55H35N5/c1-3-13-38(14-4-1)59-53-31-24-37(34-47(53)45-29-32-54-48(55(45)59)35-56-60(54)41-15-5-2-6-16-41)36-23-30-52-46(33-36)44-19-9-12-22-51(44)58(52)40-27-25-39(26-28-40)57-49-20-10-7-17-42(49)43-18-8-11-21-50(43)57/h1-35H. The fraction of sp³-hybridized carbons (Fsp3) is 0. The molecule has 9 aromatic carbocycles. The molecule has 0 amide bonds. The molecule has 0 bridgehead atoms. The van der Waals surface area contributed by atoms with Gasteiger partial charge >= 0.3 is 0 Å². The maximum atomic E-state index is 4.90. The third-order valence-electron chi connectivity index (χ3n) is 12.4. The van der Waals surface area contributed by atoms with Gasteiger partial charge in [0, 0.05) is 54.8 Å². The highest BCUT2D eigenvalue weighted by molar-refractivity contribution is 6.19. The smallest absolute Gasteiger partial charge is 0.0762 e. The Morgan fingerprint density at radius 2 is 0.683 bits per heavy atom. The van der Waals surface area contributed by atoms with Crippen molar-refractivity contribution in [1.82, 2.24) is 23.5 Å². The molecule has 13 aromatic rings. The molecular weight excluding hydrogens is 731 g/mol. The number of benzene rings is 9. The minimum Gasteiger partial charge on any atom is -0.309 e. The second kappa shape index (κ2) is 12.7. The van der Waals surface area contributed by atoms with Crippen LogP contribution >= 0.6 is 0 Å². The van der Waals surface area contributed by atoms with Crippen LogP contribution < -0.4 is 0 Å². The first-order valence-electron chi connectivity index (χ1n) is 20.5. The topological polar surface area (TPSA) is 32.6 Å². The zero-order valence-electron chi connectivity index (χ0n) is 32.4. The summed E-state index contributed by atoms with van der Waals surface area (Å²) in [6, 6.07) is 74.6. The van der Waals surface area contributed by atoms with Gasteiger partial charge in [0.1, 0.15) is 0 Å². The van der Waals surface area contributed by atoms with Crippen molar-refractivity contribution >= 4 is 76.3 Å². The number of aromatic nitrogens is 5. The normalized spacial score (nSPS) is 12.0. The maximum absolute atomic E-state index is 4.90. The molecule has 0 aliphatic rings. The lowest BCUT2D eigenvalue weighted by atomic mass is 10.0. The summed E-state index contributed by atoms with van der Waals surface area (Å²) in [5.74, 6) is 0. The van der Waals surface area contributed by atoms with Gasteiger partial charge in [-0.25, -0.2) is 4.68 Å². The van der Waals surface area contributed by atoms with Crippen LogP contribution in [-0.4, -0.2) is 23.5 Å². The van der Waals surface area contributed by atoms with E-state index in [0.29, 0.717) is 0 Å². The molecule has 0 aliphatic heterocycles. The van der Waals surface area contributed by atoms with Crippen LogP contribution in [0.3, 0.4) is 0 Å². The molecule has 5 heteroatoms. The third-order valence-corrected chi connectivity index (χ3v) is 12.4. The highest BCUT2D eigenvalue weighted by Gasteiger charge is 2.20. The lowest BCUT2D eigenvalue weighted by molar-refractivity contribution is 0.911. The van der Waals surface area contributed by atoms with Crippen LogP contribution in [0, 0.1) is 0 Å². The molecule has 60 heavy (non-hydrogen) atoms. The van der Waals surface area contributed by atoms with Gasteiger partial charge in [-0.1, -0.05) is 103 Å². The molecular formula is C55H35N5. The Bertz CT molecular complexity index is 3750. The molecule has 0 fully saturated rings. The van der Waals surface area contributed by atoms with Crippen molar-refractivity contribution in [1.29, 1.82) is 0 Å². The lowest BCUT2D eigenvalue weighted by Crippen LogP contribution is -1.97. The Hall–Kier alpha value is -8.15. The second-order valence-electron chi connectivity index (χ2n) is 15.7. The van der Waals surface area contributed by atoms with Gasteiger partial charge in [0.15, 0.2) is 0 Å². The van der Waals surface area contributed by atoms with Gasteiger partial charge in [0.05, 0.1) is 50.5 Å². The Morgan fingerprint density at radius 3 is 1.25 bits per heavy atom. The van der Waals surface area contributed by atoms with E-state index in [1.165, 1.54) is 71.0 Å². The van der Waals surface area contributed by atoms with E-state index in [2.05, 4.69) is 214 Å². The summed E-state index contributed by atoms with van der Waals surface area (Å²) in [4.78, 5) is 0. The molecule has 0 atom stereocenters. The zero-order chi connectivity index (χ0) is 39.3. The lowest BCUT2D eigenvalue weighted by Gasteiger charge is -2.12.